The van der Waals surface area contributed by atoms with Crippen LogP contribution < -0.4 is 0 Å². The topological polar surface area (TPSA) is 61.8 Å². The van der Waals surface area contributed by atoms with E-state index in [9.17, 15) is 9.59 Å². The Bertz CT molecular complexity index is 924. The maximum absolute atomic E-state index is 12.7. The van der Waals surface area contributed by atoms with E-state index in [1.807, 2.05) is 0 Å². The van der Waals surface area contributed by atoms with Crippen molar-refractivity contribution < 1.29 is 23.8 Å². The highest BCUT2D eigenvalue weighted by molar-refractivity contribution is 5.70. The predicted molar refractivity (Wildman–Crippen MR) is 252 cm³/mol. The summed E-state index contributed by atoms with van der Waals surface area (Å²) in [5.41, 5.74) is 0. The monoisotopic (exact) mass is 815 g/mol. The van der Waals surface area contributed by atoms with E-state index in [0.717, 1.165) is 70.6 Å². The van der Waals surface area contributed by atoms with Crippen LogP contribution in [0.3, 0.4) is 0 Å². The molecule has 5 nitrogen and oxygen atoms in total. The van der Waals surface area contributed by atoms with Crippen molar-refractivity contribution in [3.8, 4) is 0 Å². The molecule has 0 heterocycles. The van der Waals surface area contributed by atoms with E-state index in [1.165, 1.54) is 161 Å². The van der Waals surface area contributed by atoms with Gasteiger partial charge in [0.2, 0.25) is 0 Å². The molecule has 0 aromatic rings. The largest absolute Gasteiger partial charge is 0.462 e. The summed E-state index contributed by atoms with van der Waals surface area (Å²) in [5.74, 6) is -0.398. The standard InChI is InChI=1S/C53H98O5/c1-4-7-10-13-16-18-20-22-24-26-27-29-30-32-34-36-38-40-43-46-52(54)57-50-51(49-56-48-45-42-15-12-9-6-3)58-53(55)47-44-41-39-37-35-33-31-28-25-23-21-19-17-14-11-8-5-2/h8,11,17,19,23,25,51H,4-7,9-10,12-16,18,20-22,24,26-50H2,1-3H3/b11-8-,19-17-,25-23-. The van der Waals surface area contributed by atoms with Crippen molar-refractivity contribution in [3.05, 3.63) is 36.5 Å². The third-order valence-electron chi connectivity index (χ3n) is 11.2. The third kappa shape index (κ3) is 46.8. The molecule has 0 aromatic carbocycles. The van der Waals surface area contributed by atoms with Crippen molar-refractivity contribution in [2.24, 2.45) is 0 Å². The fourth-order valence-corrected chi connectivity index (χ4v) is 7.41. The second-order valence-corrected chi connectivity index (χ2v) is 17.1. The lowest BCUT2D eigenvalue weighted by atomic mass is 10.0. The van der Waals surface area contributed by atoms with Crippen molar-refractivity contribution in [1.82, 2.24) is 0 Å². The van der Waals surface area contributed by atoms with Crippen LogP contribution in [0, 0.1) is 0 Å². The zero-order valence-electron chi connectivity index (χ0n) is 39.1. The molecule has 0 saturated carbocycles. The first kappa shape index (κ1) is 56.1. The minimum absolute atomic E-state index is 0.0860. The molecule has 0 rings (SSSR count). The molecule has 0 aliphatic rings. The van der Waals surface area contributed by atoms with E-state index >= 15 is 0 Å². The molecule has 0 amide bonds. The summed E-state index contributed by atoms with van der Waals surface area (Å²) in [6.45, 7) is 7.71. The molecule has 0 N–H and O–H groups in total. The van der Waals surface area contributed by atoms with Crippen LogP contribution in [-0.4, -0.2) is 37.9 Å². The van der Waals surface area contributed by atoms with Gasteiger partial charge in [-0.05, 0) is 51.4 Å². The molecule has 0 bridgehead atoms. The Hall–Kier alpha value is -1.88. The molecule has 0 saturated heterocycles. The maximum atomic E-state index is 12.7. The molecule has 5 heteroatoms. The molecule has 0 aliphatic carbocycles. The number of hydrogen-bond acceptors (Lipinski definition) is 5. The number of ether oxygens (including phenoxy) is 3. The zero-order chi connectivity index (χ0) is 42.1. The van der Waals surface area contributed by atoms with Crippen molar-refractivity contribution in [2.75, 3.05) is 19.8 Å². The Morgan fingerprint density at radius 1 is 0.397 bits per heavy atom. The third-order valence-corrected chi connectivity index (χ3v) is 11.2. The minimum atomic E-state index is -0.533. The summed E-state index contributed by atoms with van der Waals surface area (Å²) in [4.78, 5) is 25.3. The number of hydrogen-bond donors (Lipinski definition) is 0. The summed E-state index contributed by atoms with van der Waals surface area (Å²) in [5, 5.41) is 0. The summed E-state index contributed by atoms with van der Waals surface area (Å²) in [7, 11) is 0. The van der Waals surface area contributed by atoms with Crippen molar-refractivity contribution >= 4 is 11.9 Å². The Balaban J connectivity index is 4.04. The maximum Gasteiger partial charge on any atom is 0.306 e. The van der Waals surface area contributed by atoms with Gasteiger partial charge in [-0.15, -0.1) is 0 Å². The Kier molecular flexibility index (Phi) is 47.9. The second kappa shape index (κ2) is 49.5. The molecule has 1 atom stereocenters. The Morgan fingerprint density at radius 3 is 1.24 bits per heavy atom. The normalized spacial score (nSPS) is 12.4. The van der Waals surface area contributed by atoms with Gasteiger partial charge in [-0.3, -0.25) is 9.59 Å². The molecule has 340 valence electrons. The van der Waals surface area contributed by atoms with Gasteiger partial charge in [0.15, 0.2) is 6.10 Å². The Labute approximate surface area is 361 Å². The number of unbranched alkanes of at least 4 members (excludes halogenated alkanes) is 30. The van der Waals surface area contributed by atoms with Crippen LogP contribution >= 0.6 is 0 Å². The van der Waals surface area contributed by atoms with Gasteiger partial charge in [-0.1, -0.05) is 237 Å². The summed E-state index contributed by atoms with van der Waals surface area (Å²) in [6.07, 6.45) is 58.8. The fraction of sp³-hybridized carbons (Fsp3) is 0.849. The van der Waals surface area contributed by atoms with Crippen molar-refractivity contribution in [2.45, 2.75) is 271 Å². The van der Waals surface area contributed by atoms with Gasteiger partial charge in [0.1, 0.15) is 6.61 Å². The lowest BCUT2D eigenvalue weighted by Gasteiger charge is -2.18. The van der Waals surface area contributed by atoms with Crippen LogP contribution in [0.4, 0.5) is 0 Å². The zero-order valence-corrected chi connectivity index (χ0v) is 39.1. The molecule has 0 radical (unpaired) electrons. The van der Waals surface area contributed by atoms with Gasteiger partial charge in [-0.25, -0.2) is 0 Å². The van der Waals surface area contributed by atoms with Gasteiger partial charge >= 0.3 is 11.9 Å². The number of carbonyl (C=O) groups excluding carboxylic acids is 2. The van der Waals surface area contributed by atoms with Crippen LogP contribution in [0.15, 0.2) is 36.5 Å². The molecule has 58 heavy (non-hydrogen) atoms. The Morgan fingerprint density at radius 2 is 0.776 bits per heavy atom. The summed E-state index contributed by atoms with van der Waals surface area (Å²) < 4.78 is 17.3. The minimum Gasteiger partial charge on any atom is -0.462 e. The van der Waals surface area contributed by atoms with Crippen molar-refractivity contribution in [1.29, 1.82) is 0 Å². The van der Waals surface area contributed by atoms with E-state index < -0.39 is 6.10 Å². The van der Waals surface area contributed by atoms with Crippen LogP contribution in [0.1, 0.15) is 265 Å². The average molecular weight is 815 g/mol. The van der Waals surface area contributed by atoms with Gasteiger partial charge in [0.25, 0.3) is 0 Å². The molecule has 0 spiro atoms. The summed E-state index contributed by atoms with van der Waals surface area (Å²) in [6, 6.07) is 0. The average Bonchev–Trinajstić information content (AvgIpc) is 3.22. The SMILES string of the molecule is CC/C=C\C/C=C\C/C=C\CCCCCCCCCC(=O)OC(COCCCCCCCC)COC(=O)CCCCCCCCCCCCCCCCCCCCC. The highest BCUT2D eigenvalue weighted by atomic mass is 16.6. The van der Waals surface area contributed by atoms with Gasteiger partial charge in [0, 0.05) is 19.4 Å². The van der Waals surface area contributed by atoms with E-state index in [-0.39, 0.29) is 25.2 Å². The lowest BCUT2D eigenvalue weighted by Crippen LogP contribution is -2.30. The molecular weight excluding hydrogens is 717 g/mol. The number of allylic oxidation sites excluding steroid dienone is 6. The number of carbonyl (C=O) groups is 2. The molecule has 0 aliphatic heterocycles. The van der Waals surface area contributed by atoms with E-state index in [4.69, 9.17) is 14.2 Å². The molecule has 0 fully saturated rings. The lowest BCUT2D eigenvalue weighted by molar-refractivity contribution is -0.163. The van der Waals surface area contributed by atoms with Crippen LogP contribution in [0.5, 0.6) is 0 Å². The first-order valence-electron chi connectivity index (χ1n) is 25.5. The predicted octanol–water partition coefficient (Wildman–Crippen LogP) is 17.0. The molecule has 0 aromatic heterocycles. The van der Waals surface area contributed by atoms with Crippen LogP contribution in [0.25, 0.3) is 0 Å². The van der Waals surface area contributed by atoms with Crippen LogP contribution in [-0.2, 0) is 23.8 Å². The van der Waals surface area contributed by atoms with E-state index in [1.54, 1.807) is 0 Å². The number of rotatable bonds is 47. The van der Waals surface area contributed by atoms with Gasteiger partial charge in [-0.2, -0.15) is 0 Å². The van der Waals surface area contributed by atoms with Crippen LogP contribution in [0.2, 0.25) is 0 Å². The van der Waals surface area contributed by atoms with E-state index in [2.05, 4.69) is 57.2 Å². The number of esters is 2. The smallest absolute Gasteiger partial charge is 0.306 e. The molecule has 1 unspecified atom stereocenters. The van der Waals surface area contributed by atoms with E-state index in [0.29, 0.717) is 19.4 Å². The second-order valence-electron chi connectivity index (χ2n) is 17.1. The van der Waals surface area contributed by atoms with Crippen molar-refractivity contribution in [3.63, 3.8) is 0 Å². The highest BCUT2D eigenvalue weighted by Crippen LogP contribution is 2.16. The summed E-state index contributed by atoms with van der Waals surface area (Å²) >= 11 is 0. The molecular formula is C53H98O5. The first-order valence-corrected chi connectivity index (χ1v) is 25.5. The van der Waals surface area contributed by atoms with Gasteiger partial charge in [0.05, 0.1) is 6.61 Å². The first-order chi connectivity index (χ1) is 28.6. The quantitative estimate of drug-likeness (QED) is 0.0348. The fourth-order valence-electron chi connectivity index (χ4n) is 7.41. The van der Waals surface area contributed by atoms with Gasteiger partial charge < -0.3 is 14.2 Å². The highest BCUT2D eigenvalue weighted by Gasteiger charge is 2.17.